The molecule has 1 aromatic rings. The number of hydrogen-bond donors (Lipinski definition) is 2. The van der Waals surface area contributed by atoms with Crippen LogP contribution in [0.4, 0.5) is 5.82 Å². The first-order chi connectivity index (χ1) is 6.59. The van der Waals surface area contributed by atoms with Crippen molar-refractivity contribution in [3.63, 3.8) is 0 Å². The summed E-state index contributed by atoms with van der Waals surface area (Å²) in [6, 6.07) is 0.331. The highest BCUT2D eigenvalue weighted by atomic mass is 15.2. The number of rotatable bonds is 1. The summed E-state index contributed by atoms with van der Waals surface area (Å²) in [5.74, 6) is 1.85. The highest BCUT2D eigenvalue weighted by Crippen LogP contribution is 2.24. The molecule has 0 saturated carbocycles. The fourth-order valence-electron chi connectivity index (χ4n) is 1.43. The number of nitrogens with two attached hydrogens (primary N) is 1. The van der Waals surface area contributed by atoms with Crippen LogP contribution in [-0.4, -0.2) is 15.4 Å². The van der Waals surface area contributed by atoms with E-state index in [1.54, 1.807) is 6.33 Å². The Kier molecular flexibility index (Phi) is 1.80. The van der Waals surface area contributed by atoms with Crippen LogP contribution in [0.3, 0.4) is 0 Å². The lowest BCUT2D eigenvalue weighted by atomic mass is 10.3. The minimum atomic E-state index is 0.331. The van der Waals surface area contributed by atoms with E-state index in [-0.39, 0.29) is 0 Å². The average molecular weight is 191 g/mol. The molecule has 5 heteroatoms. The normalized spacial score (nSPS) is 15.1. The van der Waals surface area contributed by atoms with Gasteiger partial charge >= 0.3 is 0 Å². The summed E-state index contributed by atoms with van der Waals surface area (Å²) in [5.41, 5.74) is 6.42. The van der Waals surface area contributed by atoms with Crippen molar-refractivity contribution in [3.8, 4) is 0 Å². The minimum Gasteiger partial charge on any atom is -0.382 e. The van der Waals surface area contributed by atoms with E-state index >= 15 is 0 Å². The highest BCUT2D eigenvalue weighted by Gasteiger charge is 2.20. The van der Waals surface area contributed by atoms with Crippen LogP contribution >= 0.6 is 0 Å². The number of nitrogens with zero attached hydrogens (tertiary/aromatic N) is 3. The predicted octanol–water partition coefficient (Wildman–Crippen LogP) is 1.07. The standard InChI is InChI=1S/C9H13N5/c1-5(2)14-4-11-7-8(10)12-6(3)13-9(7)14/h4-5,13H,3H2,1-2H3,(H2,10,12). The van der Waals surface area contributed by atoms with Crippen molar-refractivity contribution in [1.29, 1.82) is 0 Å². The first-order valence-electron chi connectivity index (χ1n) is 4.47. The van der Waals surface area contributed by atoms with Gasteiger partial charge in [-0.25, -0.2) is 9.98 Å². The zero-order valence-corrected chi connectivity index (χ0v) is 8.28. The van der Waals surface area contributed by atoms with E-state index in [2.05, 4.69) is 35.7 Å². The van der Waals surface area contributed by atoms with Crippen LogP contribution in [0.15, 0.2) is 23.7 Å². The number of nitrogens with one attached hydrogen (secondary N) is 1. The van der Waals surface area contributed by atoms with E-state index in [4.69, 9.17) is 5.73 Å². The highest BCUT2D eigenvalue weighted by molar-refractivity contribution is 6.02. The summed E-state index contributed by atoms with van der Waals surface area (Å²) in [5, 5.41) is 3.06. The van der Waals surface area contributed by atoms with E-state index in [0.29, 0.717) is 23.4 Å². The molecule has 1 aromatic heterocycles. The number of hydrogen-bond acceptors (Lipinski definition) is 4. The molecule has 1 aliphatic heterocycles. The maximum absolute atomic E-state index is 5.72. The molecule has 0 aromatic carbocycles. The third-order valence-corrected chi connectivity index (χ3v) is 2.11. The topological polar surface area (TPSA) is 68.2 Å². The molecule has 0 unspecified atom stereocenters. The van der Waals surface area contributed by atoms with Gasteiger partial charge in [0.05, 0.1) is 6.33 Å². The summed E-state index contributed by atoms with van der Waals surface area (Å²) < 4.78 is 2.00. The summed E-state index contributed by atoms with van der Waals surface area (Å²) in [6.07, 6.45) is 1.75. The molecule has 0 saturated heterocycles. The molecule has 2 rings (SSSR count). The SMILES string of the molecule is C=C1N=C(N)c2ncn(C(C)C)c2N1. The number of imidazole rings is 1. The fourth-order valence-corrected chi connectivity index (χ4v) is 1.43. The van der Waals surface area contributed by atoms with Crippen molar-refractivity contribution in [2.75, 3.05) is 5.32 Å². The molecule has 2 heterocycles. The second-order valence-electron chi connectivity index (χ2n) is 3.51. The largest absolute Gasteiger partial charge is 0.382 e. The number of aromatic nitrogens is 2. The minimum absolute atomic E-state index is 0.331. The van der Waals surface area contributed by atoms with Crippen molar-refractivity contribution in [2.45, 2.75) is 19.9 Å². The zero-order chi connectivity index (χ0) is 10.3. The third-order valence-electron chi connectivity index (χ3n) is 2.11. The van der Waals surface area contributed by atoms with Crippen molar-refractivity contribution in [1.82, 2.24) is 9.55 Å². The monoisotopic (exact) mass is 191 g/mol. The Hall–Kier alpha value is -1.78. The maximum Gasteiger partial charge on any atom is 0.155 e. The molecule has 14 heavy (non-hydrogen) atoms. The van der Waals surface area contributed by atoms with Gasteiger partial charge in [0.15, 0.2) is 5.84 Å². The molecule has 0 fully saturated rings. The lowest BCUT2D eigenvalue weighted by Gasteiger charge is -2.17. The van der Waals surface area contributed by atoms with Gasteiger partial charge < -0.3 is 15.6 Å². The Labute approximate surface area is 82.3 Å². The molecule has 0 atom stereocenters. The second kappa shape index (κ2) is 2.87. The number of anilines is 1. The Morgan fingerprint density at radius 2 is 2.29 bits per heavy atom. The van der Waals surface area contributed by atoms with Crippen molar-refractivity contribution in [2.24, 2.45) is 10.7 Å². The Morgan fingerprint density at radius 1 is 1.57 bits per heavy atom. The van der Waals surface area contributed by atoms with Crippen LogP contribution < -0.4 is 11.1 Å². The molecule has 3 N–H and O–H groups in total. The number of amidine groups is 1. The molecular weight excluding hydrogens is 178 g/mol. The zero-order valence-electron chi connectivity index (χ0n) is 8.28. The van der Waals surface area contributed by atoms with Crippen LogP contribution in [0.5, 0.6) is 0 Å². The summed E-state index contributed by atoms with van der Waals surface area (Å²) >= 11 is 0. The van der Waals surface area contributed by atoms with Crippen LogP contribution in [0, 0.1) is 0 Å². The number of fused-ring (bicyclic) bond motifs is 1. The van der Waals surface area contributed by atoms with E-state index in [0.717, 1.165) is 5.82 Å². The summed E-state index contributed by atoms with van der Waals surface area (Å²) in [4.78, 5) is 8.21. The van der Waals surface area contributed by atoms with Gasteiger partial charge in [0.25, 0.3) is 0 Å². The van der Waals surface area contributed by atoms with Gasteiger partial charge in [-0.2, -0.15) is 0 Å². The van der Waals surface area contributed by atoms with Crippen LogP contribution in [0.1, 0.15) is 25.6 Å². The molecule has 0 aliphatic carbocycles. The van der Waals surface area contributed by atoms with Crippen LogP contribution in [0.25, 0.3) is 0 Å². The lowest BCUT2D eigenvalue weighted by molar-refractivity contribution is 0.605. The van der Waals surface area contributed by atoms with E-state index < -0.39 is 0 Å². The quantitative estimate of drug-likeness (QED) is 0.697. The van der Waals surface area contributed by atoms with Gasteiger partial charge in [0.1, 0.15) is 17.3 Å². The van der Waals surface area contributed by atoms with Crippen LogP contribution in [-0.2, 0) is 0 Å². The Balaban J connectivity index is 2.55. The lowest BCUT2D eigenvalue weighted by Crippen LogP contribution is -2.22. The molecule has 1 aliphatic rings. The van der Waals surface area contributed by atoms with E-state index in [9.17, 15) is 0 Å². The molecule has 0 amide bonds. The molecule has 74 valence electrons. The Bertz CT molecular complexity index is 413. The summed E-state index contributed by atoms with van der Waals surface area (Å²) in [7, 11) is 0. The molecule has 0 spiro atoms. The van der Waals surface area contributed by atoms with E-state index in [1.165, 1.54) is 0 Å². The summed E-state index contributed by atoms with van der Waals surface area (Å²) in [6.45, 7) is 7.88. The first-order valence-corrected chi connectivity index (χ1v) is 4.47. The van der Waals surface area contributed by atoms with Gasteiger partial charge in [-0.1, -0.05) is 6.58 Å². The van der Waals surface area contributed by atoms with E-state index in [1.807, 2.05) is 4.57 Å². The smallest absolute Gasteiger partial charge is 0.155 e. The van der Waals surface area contributed by atoms with Crippen molar-refractivity contribution in [3.05, 3.63) is 24.4 Å². The second-order valence-corrected chi connectivity index (χ2v) is 3.51. The molecule has 0 bridgehead atoms. The van der Waals surface area contributed by atoms with Gasteiger partial charge in [-0.05, 0) is 13.8 Å². The molecule has 5 nitrogen and oxygen atoms in total. The van der Waals surface area contributed by atoms with Gasteiger partial charge in [-0.15, -0.1) is 0 Å². The Morgan fingerprint density at radius 3 is 2.93 bits per heavy atom. The number of aliphatic imine (C=N–C) groups is 1. The van der Waals surface area contributed by atoms with Crippen LogP contribution in [0.2, 0.25) is 0 Å². The van der Waals surface area contributed by atoms with Crippen molar-refractivity contribution >= 4 is 11.7 Å². The van der Waals surface area contributed by atoms with Gasteiger partial charge in [-0.3, -0.25) is 0 Å². The average Bonchev–Trinajstić information content (AvgIpc) is 2.47. The maximum atomic E-state index is 5.72. The fraction of sp³-hybridized carbons (Fsp3) is 0.333. The van der Waals surface area contributed by atoms with Gasteiger partial charge in [0, 0.05) is 6.04 Å². The predicted molar refractivity (Wildman–Crippen MR) is 56.1 cm³/mol. The molecular formula is C9H13N5. The first kappa shape index (κ1) is 8.80. The van der Waals surface area contributed by atoms with Crippen molar-refractivity contribution < 1.29 is 0 Å². The molecule has 0 radical (unpaired) electrons. The van der Waals surface area contributed by atoms with Gasteiger partial charge in [0.2, 0.25) is 0 Å². The third kappa shape index (κ3) is 1.17.